The summed E-state index contributed by atoms with van der Waals surface area (Å²) in [4.78, 5) is 77.8. The number of piperidine rings is 2. The van der Waals surface area contributed by atoms with E-state index in [1.807, 2.05) is 103 Å². The highest BCUT2D eigenvalue weighted by Gasteiger charge is 2.50. The first-order valence-electron chi connectivity index (χ1n) is 34.6. The van der Waals surface area contributed by atoms with Crippen molar-refractivity contribution in [1.29, 1.82) is 0 Å². The number of likely N-dealkylation sites (tertiary alicyclic amines) is 2. The van der Waals surface area contributed by atoms with Gasteiger partial charge in [0.1, 0.15) is 37.4 Å². The topological polar surface area (TPSA) is 145 Å². The minimum absolute atomic E-state index is 0.0267. The van der Waals surface area contributed by atoms with Gasteiger partial charge >= 0.3 is 18.4 Å². The summed E-state index contributed by atoms with van der Waals surface area (Å²) in [7, 11) is 9.73. The number of ether oxygens (including phenoxy) is 3. The number of hydrogen-bond acceptors (Lipinski definition) is 10. The van der Waals surface area contributed by atoms with Gasteiger partial charge in [0, 0.05) is 101 Å². The number of quaternary nitrogens is 1. The van der Waals surface area contributed by atoms with Gasteiger partial charge in [-0.15, -0.1) is 0 Å². The summed E-state index contributed by atoms with van der Waals surface area (Å²) in [5.41, 5.74) is 1.47. The monoisotopic (exact) mass is 1390 g/mol. The fourth-order valence-corrected chi connectivity index (χ4v) is 14.5. The van der Waals surface area contributed by atoms with E-state index < -0.39 is 64.6 Å². The number of unbranched alkanes of at least 4 members (excludes halogenated alkanes) is 2. The van der Waals surface area contributed by atoms with Gasteiger partial charge < -0.3 is 48.1 Å². The van der Waals surface area contributed by atoms with Gasteiger partial charge in [0.2, 0.25) is 11.8 Å². The van der Waals surface area contributed by atoms with Crippen LogP contribution in [-0.4, -0.2) is 196 Å². The third-order valence-electron chi connectivity index (χ3n) is 20.5. The Morgan fingerprint density at radius 1 is 0.660 bits per heavy atom. The second-order valence-corrected chi connectivity index (χ2v) is 28.0. The van der Waals surface area contributed by atoms with Crippen LogP contribution in [-0.2, 0) is 60.1 Å². The number of amides is 5. The van der Waals surface area contributed by atoms with Crippen molar-refractivity contribution < 1.29 is 73.4 Å². The van der Waals surface area contributed by atoms with Crippen LogP contribution < -0.4 is 5.32 Å². The molecule has 4 aliphatic rings. The lowest BCUT2D eigenvalue weighted by atomic mass is 9.72. The van der Waals surface area contributed by atoms with Crippen molar-refractivity contribution >= 4 is 35.4 Å². The molecule has 0 bridgehead atoms. The van der Waals surface area contributed by atoms with E-state index in [1.54, 1.807) is 23.9 Å². The van der Waals surface area contributed by atoms with Crippen LogP contribution in [0.2, 0.25) is 0 Å². The Bertz CT molecular complexity index is 3740. The molecular weight excluding hydrogens is 1300 g/mol. The lowest BCUT2D eigenvalue weighted by Crippen LogP contribution is -2.50. The van der Waals surface area contributed by atoms with Gasteiger partial charge in [-0.1, -0.05) is 97.1 Å². The van der Waals surface area contributed by atoms with Crippen LogP contribution in [0.1, 0.15) is 118 Å². The van der Waals surface area contributed by atoms with E-state index in [0.717, 1.165) is 96.5 Å². The van der Waals surface area contributed by atoms with E-state index in [-0.39, 0.29) is 55.6 Å². The van der Waals surface area contributed by atoms with Crippen molar-refractivity contribution in [2.75, 3.05) is 126 Å². The lowest BCUT2D eigenvalue weighted by molar-refractivity contribution is -0.903. The number of nitrogens with one attached hydrogen (secondary N) is 1. The number of para-hydroxylation sites is 1. The zero-order valence-electron chi connectivity index (χ0n) is 57.7. The highest BCUT2D eigenvalue weighted by molar-refractivity contribution is 5.95. The third kappa shape index (κ3) is 19.0. The number of carbonyl (C=O) groups is 5. The van der Waals surface area contributed by atoms with E-state index in [2.05, 4.69) is 41.3 Å². The molecule has 6 aromatic rings. The van der Waals surface area contributed by atoms with Gasteiger partial charge in [-0.25, -0.2) is 9.18 Å². The van der Waals surface area contributed by atoms with Crippen LogP contribution >= 0.6 is 0 Å². The lowest BCUT2D eigenvalue weighted by Gasteiger charge is -2.44. The summed E-state index contributed by atoms with van der Waals surface area (Å²) >= 11 is 0. The summed E-state index contributed by atoms with van der Waals surface area (Å²) < 4.78 is 116. The number of hydrogen-bond donors (Lipinski definition) is 1. The van der Waals surface area contributed by atoms with Crippen molar-refractivity contribution in [3.05, 3.63) is 196 Å². The standard InChI is InChI=1S/C77H91F7N8O8/c1-86(37-16-38-88(3)71(95)57-26-24-55(25-27-57)51-92(4,5)46-15-7-10-23-69(93)87(2)44-45-89-39-32-64(33-40-89)100-73(97)85-67-22-14-12-20-65(67)56-17-8-6-9-18-56)70(94)52-98-68-49-58-19-11-13-21-66(58)74(68)34-41-90(42-35-74)43-36-75(60-28-30-63(78)31-29-60)53-91(54-99-75)72(96)59-47-61(76(79,80)81)50-62(48-59)77(82,83)84/h6,8-9,11-14,17-22,24-31,47-48,50,64,68H,7,10,15-16,23,32-46,49,51-54H2,1-5H3/p+1/t68-,75-/m0/s1. The first kappa shape index (κ1) is 74.5. The molecule has 536 valence electrons. The first-order valence-corrected chi connectivity index (χ1v) is 34.6. The molecule has 3 fully saturated rings. The zero-order valence-corrected chi connectivity index (χ0v) is 57.7. The summed E-state index contributed by atoms with van der Waals surface area (Å²) in [5, 5.41) is 2.94. The van der Waals surface area contributed by atoms with Crippen molar-refractivity contribution in [3.8, 4) is 11.1 Å². The Kier molecular flexibility index (Phi) is 24.3. The molecule has 0 saturated carbocycles. The number of rotatable bonds is 27. The molecule has 23 heteroatoms. The Labute approximate surface area is 581 Å². The molecule has 10 rings (SSSR count). The summed E-state index contributed by atoms with van der Waals surface area (Å²) in [6, 6.07) is 39.8. The highest BCUT2D eigenvalue weighted by Crippen LogP contribution is 2.49. The molecule has 16 nitrogen and oxygen atoms in total. The average molecular weight is 1390 g/mol. The number of alkyl halides is 6. The molecular formula is C77H92F7N8O8+. The maximum absolute atomic E-state index is 14.3. The fraction of sp³-hybridized carbons (Fsp3) is 0.468. The molecule has 0 aromatic heterocycles. The molecule has 100 heavy (non-hydrogen) atoms. The van der Waals surface area contributed by atoms with Gasteiger partial charge in [0.05, 0.1) is 50.1 Å². The van der Waals surface area contributed by atoms with Gasteiger partial charge in [-0.3, -0.25) is 24.5 Å². The molecule has 2 atom stereocenters. The molecule has 6 aromatic carbocycles. The van der Waals surface area contributed by atoms with Crippen LogP contribution in [0.25, 0.3) is 11.1 Å². The SMILES string of the molecule is CN(CCN1CCC(OC(=O)Nc2ccccc2-c2ccccc2)CC1)C(=O)CCCCC[N+](C)(C)Cc1ccc(C(=O)N(C)CCCN(C)C(=O)CO[C@H]2Cc3ccccc3C23CCN(CC[C@@]2(c4ccc(F)cc4)CN(C(=O)c4cc(C(F)(F)F)cc(C(F)(F)F)c4)CO2)CC3)cc1. The van der Waals surface area contributed by atoms with Crippen LogP contribution in [0, 0.1) is 5.82 Å². The average Bonchev–Trinajstić information content (AvgIpc) is 1.59. The third-order valence-corrected chi connectivity index (χ3v) is 20.5. The second-order valence-electron chi connectivity index (χ2n) is 28.0. The second kappa shape index (κ2) is 32.6. The quantitative estimate of drug-likeness (QED) is 0.0301. The summed E-state index contributed by atoms with van der Waals surface area (Å²) in [5.74, 6) is -1.77. The van der Waals surface area contributed by atoms with Crippen LogP contribution in [0.5, 0.6) is 0 Å². The molecule has 1 spiro atoms. The Balaban J connectivity index is 0.609. The van der Waals surface area contributed by atoms with E-state index in [0.29, 0.717) is 100 Å². The minimum atomic E-state index is -5.15. The van der Waals surface area contributed by atoms with E-state index in [9.17, 15) is 54.7 Å². The van der Waals surface area contributed by atoms with E-state index in [4.69, 9.17) is 14.2 Å². The number of likely N-dealkylation sites (N-methyl/N-ethyl adjacent to an activating group) is 2. The number of benzene rings is 6. The largest absolute Gasteiger partial charge is 0.446 e. The zero-order chi connectivity index (χ0) is 71.4. The number of fused-ring (bicyclic) bond motifs is 2. The van der Waals surface area contributed by atoms with Gasteiger partial charge in [0.25, 0.3) is 11.8 Å². The van der Waals surface area contributed by atoms with Crippen molar-refractivity contribution in [3.63, 3.8) is 0 Å². The predicted octanol–water partition coefficient (Wildman–Crippen LogP) is 13.1. The molecule has 0 unspecified atom stereocenters. The van der Waals surface area contributed by atoms with Crippen molar-refractivity contribution in [2.24, 2.45) is 0 Å². The smallest absolute Gasteiger partial charge is 0.416 e. The van der Waals surface area contributed by atoms with Crippen LogP contribution in [0.4, 0.5) is 41.2 Å². The Morgan fingerprint density at radius 3 is 1.98 bits per heavy atom. The predicted molar refractivity (Wildman–Crippen MR) is 367 cm³/mol. The number of anilines is 1. The van der Waals surface area contributed by atoms with Gasteiger partial charge in [-0.05, 0) is 148 Å². The highest BCUT2D eigenvalue weighted by atomic mass is 19.4. The number of nitrogens with zero attached hydrogens (tertiary/aromatic N) is 7. The molecule has 3 aliphatic heterocycles. The molecule has 1 aliphatic carbocycles. The van der Waals surface area contributed by atoms with Gasteiger partial charge in [0.15, 0.2) is 0 Å². The number of halogens is 7. The van der Waals surface area contributed by atoms with Crippen molar-refractivity contribution in [1.82, 2.24) is 29.4 Å². The fourth-order valence-electron chi connectivity index (χ4n) is 14.5. The molecule has 3 heterocycles. The van der Waals surface area contributed by atoms with Gasteiger partial charge in [-0.2, -0.15) is 26.3 Å². The Morgan fingerprint density at radius 2 is 1.29 bits per heavy atom. The summed E-state index contributed by atoms with van der Waals surface area (Å²) in [6.45, 7) is 6.38. The maximum atomic E-state index is 14.3. The normalized spacial score (nSPS) is 18.2. The molecule has 3 saturated heterocycles. The van der Waals surface area contributed by atoms with E-state index >= 15 is 0 Å². The molecule has 0 radical (unpaired) electrons. The van der Waals surface area contributed by atoms with Crippen LogP contribution in [0.15, 0.2) is 146 Å². The number of carbonyl (C=O) groups excluding carboxylic acids is 5. The first-order chi connectivity index (χ1) is 47.7. The minimum Gasteiger partial charge on any atom is -0.446 e. The van der Waals surface area contributed by atoms with Crippen LogP contribution in [0.3, 0.4) is 0 Å². The van der Waals surface area contributed by atoms with E-state index in [1.165, 1.54) is 29.8 Å². The molecule has 1 N–H and O–H groups in total. The molecule has 5 amide bonds. The maximum Gasteiger partial charge on any atom is 0.416 e. The summed E-state index contributed by atoms with van der Waals surface area (Å²) in [6.07, 6.45) is -3.76. The Hall–Kier alpha value is -8.22. The van der Waals surface area contributed by atoms with Crippen molar-refractivity contribution in [2.45, 2.75) is 113 Å².